The number of nitrogens with zero attached hydrogens (tertiary/aromatic N) is 2. The fourth-order valence-electron chi connectivity index (χ4n) is 5.02. The highest BCUT2D eigenvalue weighted by Crippen LogP contribution is 2.41. The van der Waals surface area contributed by atoms with Crippen molar-refractivity contribution in [1.29, 1.82) is 0 Å². The van der Waals surface area contributed by atoms with E-state index in [1.54, 1.807) is 0 Å². The van der Waals surface area contributed by atoms with Crippen molar-refractivity contribution in [1.82, 2.24) is 4.98 Å². The first-order chi connectivity index (χ1) is 17.9. The van der Waals surface area contributed by atoms with E-state index >= 15 is 0 Å². The topological polar surface area (TPSA) is 72.6 Å². The summed E-state index contributed by atoms with van der Waals surface area (Å²) in [5, 5.41) is 0.656. The molecule has 2 aromatic heterocycles. The van der Waals surface area contributed by atoms with E-state index in [4.69, 9.17) is 9.15 Å². The third-order valence-corrected chi connectivity index (χ3v) is 8.35. The second-order valence-corrected chi connectivity index (χ2v) is 11.2. The van der Waals surface area contributed by atoms with E-state index in [0.29, 0.717) is 22.4 Å². The second kappa shape index (κ2) is 10.5. The van der Waals surface area contributed by atoms with Gasteiger partial charge in [-0.1, -0.05) is 31.2 Å². The van der Waals surface area contributed by atoms with Gasteiger partial charge in [0.05, 0.1) is 12.7 Å². The first kappa shape index (κ1) is 25.2. The number of oxazole rings is 1. The number of amides is 1. The number of aromatic nitrogens is 1. The Bertz CT molecular complexity index is 1380. The predicted octanol–water partition coefficient (Wildman–Crippen LogP) is 7.58. The van der Waals surface area contributed by atoms with Crippen LogP contribution in [0.15, 0.2) is 59.0 Å². The molecule has 1 aliphatic rings. The number of thiophene rings is 1. The molecule has 2 aromatic carbocycles. The van der Waals surface area contributed by atoms with Crippen LogP contribution in [0.25, 0.3) is 33.0 Å². The highest BCUT2D eigenvalue weighted by atomic mass is 32.1. The Hall–Kier alpha value is -3.45. The summed E-state index contributed by atoms with van der Waals surface area (Å²) in [6.07, 6.45) is 3.92. The van der Waals surface area contributed by atoms with Crippen LogP contribution >= 0.6 is 11.3 Å². The quantitative estimate of drug-likeness (QED) is 0.247. The van der Waals surface area contributed by atoms with Crippen LogP contribution in [0, 0.1) is 11.8 Å². The SMILES string of the molecule is COC(=O)c1cc(-c2ccc(-c3nc4ccccc4o3)cc2)sc1N(C(=O)[C@H]1CC[C@H](C)CC1)C(C)C. The molecule has 0 aliphatic heterocycles. The number of fused-ring (bicyclic) bond motifs is 1. The van der Waals surface area contributed by atoms with Gasteiger partial charge >= 0.3 is 5.97 Å². The van der Waals surface area contributed by atoms with Crippen LogP contribution in [-0.4, -0.2) is 30.0 Å². The Morgan fingerprint density at radius 2 is 1.70 bits per heavy atom. The highest BCUT2D eigenvalue weighted by Gasteiger charge is 2.34. The molecule has 0 unspecified atom stereocenters. The zero-order chi connectivity index (χ0) is 26.1. The number of carbonyl (C=O) groups is 2. The van der Waals surface area contributed by atoms with Crippen molar-refractivity contribution in [3.63, 3.8) is 0 Å². The van der Waals surface area contributed by atoms with E-state index in [9.17, 15) is 9.59 Å². The minimum Gasteiger partial charge on any atom is -0.465 e. The van der Waals surface area contributed by atoms with Crippen LogP contribution in [0.4, 0.5) is 5.00 Å². The van der Waals surface area contributed by atoms with Crippen molar-refractivity contribution in [2.45, 2.75) is 52.5 Å². The van der Waals surface area contributed by atoms with Crippen molar-refractivity contribution >= 4 is 39.3 Å². The van der Waals surface area contributed by atoms with Crippen LogP contribution in [0.1, 0.15) is 56.8 Å². The van der Waals surface area contributed by atoms with E-state index in [-0.39, 0.29) is 17.9 Å². The van der Waals surface area contributed by atoms with Crippen molar-refractivity contribution in [2.75, 3.05) is 12.0 Å². The number of anilines is 1. The van der Waals surface area contributed by atoms with Gasteiger partial charge in [0.25, 0.3) is 0 Å². The molecule has 7 heteroatoms. The molecule has 0 saturated heterocycles. The lowest BCUT2D eigenvalue weighted by atomic mass is 9.82. The zero-order valence-corrected chi connectivity index (χ0v) is 22.5. The van der Waals surface area contributed by atoms with Gasteiger partial charge in [0.2, 0.25) is 11.8 Å². The average Bonchev–Trinajstić information content (AvgIpc) is 3.54. The number of carbonyl (C=O) groups excluding carboxylic acids is 2. The number of rotatable bonds is 6. The molecular formula is C30H32N2O4S. The van der Waals surface area contributed by atoms with Gasteiger partial charge < -0.3 is 14.1 Å². The molecule has 0 atom stereocenters. The first-order valence-corrected chi connectivity index (χ1v) is 13.7. The van der Waals surface area contributed by atoms with Gasteiger partial charge in [-0.2, -0.15) is 0 Å². The number of para-hydroxylation sites is 2. The number of benzene rings is 2. The summed E-state index contributed by atoms with van der Waals surface area (Å²) < 4.78 is 11.0. The van der Waals surface area contributed by atoms with Crippen LogP contribution in [0.5, 0.6) is 0 Å². The van der Waals surface area contributed by atoms with Gasteiger partial charge in [-0.05, 0) is 81.3 Å². The monoisotopic (exact) mass is 516 g/mol. The summed E-state index contributed by atoms with van der Waals surface area (Å²) in [5.41, 5.74) is 3.81. The summed E-state index contributed by atoms with van der Waals surface area (Å²) in [4.78, 5) is 33.8. The van der Waals surface area contributed by atoms with Crippen LogP contribution < -0.4 is 4.90 Å². The summed E-state index contributed by atoms with van der Waals surface area (Å²) in [6.45, 7) is 6.25. The molecule has 192 valence electrons. The van der Waals surface area contributed by atoms with Gasteiger partial charge in [-0.3, -0.25) is 4.79 Å². The summed E-state index contributed by atoms with van der Waals surface area (Å²) in [5.74, 6) is 0.884. The highest BCUT2D eigenvalue weighted by molar-refractivity contribution is 7.20. The molecule has 6 nitrogen and oxygen atoms in total. The van der Waals surface area contributed by atoms with E-state index in [2.05, 4.69) is 11.9 Å². The smallest absolute Gasteiger partial charge is 0.340 e. The van der Waals surface area contributed by atoms with Crippen molar-refractivity contribution in [3.05, 3.63) is 60.2 Å². The Labute approximate surface area is 221 Å². The zero-order valence-electron chi connectivity index (χ0n) is 21.7. The van der Waals surface area contributed by atoms with Crippen molar-refractivity contribution in [2.24, 2.45) is 11.8 Å². The van der Waals surface area contributed by atoms with E-state index < -0.39 is 5.97 Å². The lowest BCUT2D eigenvalue weighted by Gasteiger charge is -2.33. The molecule has 1 amide bonds. The van der Waals surface area contributed by atoms with E-state index in [1.165, 1.54) is 18.4 Å². The molecule has 1 aliphatic carbocycles. The summed E-state index contributed by atoms with van der Waals surface area (Å²) >= 11 is 1.46. The van der Waals surface area contributed by atoms with Crippen LogP contribution in [-0.2, 0) is 9.53 Å². The molecule has 0 spiro atoms. The molecule has 1 saturated carbocycles. The van der Waals surface area contributed by atoms with Crippen molar-refractivity contribution < 1.29 is 18.7 Å². The molecule has 0 N–H and O–H groups in total. The molecular weight excluding hydrogens is 484 g/mol. The number of ether oxygens (including phenoxy) is 1. The van der Waals surface area contributed by atoms with Gasteiger partial charge in [-0.25, -0.2) is 9.78 Å². The Kier molecular flexibility index (Phi) is 7.15. The molecule has 0 radical (unpaired) electrons. The van der Waals surface area contributed by atoms with Gasteiger partial charge in [0.1, 0.15) is 10.5 Å². The Morgan fingerprint density at radius 1 is 1.03 bits per heavy atom. The molecule has 2 heterocycles. The van der Waals surface area contributed by atoms with Gasteiger partial charge in [0, 0.05) is 22.4 Å². The maximum absolute atomic E-state index is 13.7. The summed E-state index contributed by atoms with van der Waals surface area (Å²) in [7, 11) is 1.38. The predicted molar refractivity (Wildman–Crippen MR) is 148 cm³/mol. The average molecular weight is 517 g/mol. The lowest BCUT2D eigenvalue weighted by Crippen LogP contribution is -2.42. The lowest BCUT2D eigenvalue weighted by molar-refractivity contribution is -0.123. The second-order valence-electron chi connectivity index (χ2n) is 10.1. The number of hydrogen-bond acceptors (Lipinski definition) is 6. The maximum atomic E-state index is 13.7. The van der Waals surface area contributed by atoms with Gasteiger partial charge in [-0.15, -0.1) is 11.3 Å². The number of hydrogen-bond donors (Lipinski definition) is 0. The number of esters is 1. The molecule has 1 fully saturated rings. The molecule has 37 heavy (non-hydrogen) atoms. The minimum absolute atomic E-state index is 0.00904. The normalized spacial score (nSPS) is 17.8. The van der Waals surface area contributed by atoms with Crippen molar-refractivity contribution in [3.8, 4) is 21.9 Å². The molecule has 4 aromatic rings. The fraction of sp³-hybridized carbons (Fsp3) is 0.367. The Balaban J connectivity index is 1.48. The maximum Gasteiger partial charge on any atom is 0.340 e. The minimum atomic E-state index is -0.434. The largest absolute Gasteiger partial charge is 0.465 e. The Morgan fingerprint density at radius 3 is 2.35 bits per heavy atom. The van der Waals surface area contributed by atoms with Crippen LogP contribution in [0.3, 0.4) is 0 Å². The van der Waals surface area contributed by atoms with E-state index in [1.807, 2.05) is 73.3 Å². The third kappa shape index (κ3) is 5.05. The standard InChI is InChI=1S/C30H32N2O4S/c1-18(2)32(28(33)22-11-9-19(3)10-12-22)29-23(30(34)35-4)17-26(37-29)20-13-15-21(16-14-20)27-31-24-7-5-6-8-25(24)36-27/h5-8,13-19,22H,9-12H2,1-4H3/t19-,22-. The number of methoxy groups -OCH3 is 1. The molecule has 0 bridgehead atoms. The third-order valence-electron chi connectivity index (χ3n) is 7.17. The summed E-state index contributed by atoms with van der Waals surface area (Å²) in [6, 6.07) is 17.4. The van der Waals surface area contributed by atoms with E-state index in [0.717, 1.165) is 52.8 Å². The first-order valence-electron chi connectivity index (χ1n) is 12.9. The van der Waals surface area contributed by atoms with Crippen LogP contribution in [0.2, 0.25) is 0 Å². The molecule has 5 rings (SSSR count). The fourth-order valence-corrected chi connectivity index (χ4v) is 6.31. The van der Waals surface area contributed by atoms with Gasteiger partial charge in [0.15, 0.2) is 5.58 Å².